The van der Waals surface area contributed by atoms with Crippen LogP contribution in [0, 0.1) is 0 Å². The summed E-state index contributed by atoms with van der Waals surface area (Å²) < 4.78 is 68.6. The quantitative estimate of drug-likeness (QED) is 0.273. The van der Waals surface area contributed by atoms with Gasteiger partial charge in [0.2, 0.25) is 0 Å². The summed E-state index contributed by atoms with van der Waals surface area (Å²) in [5.74, 6) is -0.156. The van der Waals surface area contributed by atoms with Gasteiger partial charge in [-0.05, 0) is 53.9 Å². The number of nitrogen functional groups attached to an aromatic ring is 1. The molecule has 3 aromatic carbocycles. The molecule has 0 saturated heterocycles. The number of carbonyl (C=O) groups is 1. The molecular formula is C25H21ClF3N5NaO3S. The Balaban J connectivity index is 0.00000420. The number of anilines is 1. The van der Waals surface area contributed by atoms with Crippen molar-refractivity contribution in [2.75, 3.05) is 12.3 Å². The molecule has 1 radical (unpaired) electrons. The van der Waals surface area contributed by atoms with Gasteiger partial charge in [-0.1, -0.05) is 54.1 Å². The van der Waals surface area contributed by atoms with E-state index in [-0.39, 0.29) is 52.4 Å². The van der Waals surface area contributed by atoms with Crippen molar-refractivity contribution in [3.8, 4) is 16.8 Å². The number of nitrogens with zero attached hydrogens (tertiary/aromatic N) is 2. The van der Waals surface area contributed by atoms with Crippen molar-refractivity contribution in [3.63, 3.8) is 0 Å². The predicted molar refractivity (Wildman–Crippen MR) is 143 cm³/mol. The summed E-state index contributed by atoms with van der Waals surface area (Å²) in [5, 5.41) is 6.55. The largest absolute Gasteiger partial charge is 0.435 e. The normalized spacial score (nSPS) is 11.5. The second-order valence-corrected chi connectivity index (χ2v) is 10.2. The molecule has 0 aliphatic carbocycles. The van der Waals surface area contributed by atoms with Crippen LogP contribution in [-0.2, 0) is 22.6 Å². The molecule has 14 heteroatoms. The number of sulfonamides is 1. The number of nitrogens with one attached hydrogen (secondary N) is 2. The van der Waals surface area contributed by atoms with Crippen LogP contribution in [0.25, 0.3) is 16.8 Å². The Morgan fingerprint density at radius 3 is 2.18 bits per heavy atom. The average molecular weight is 587 g/mol. The van der Waals surface area contributed by atoms with E-state index in [0.717, 1.165) is 10.2 Å². The van der Waals surface area contributed by atoms with Crippen molar-refractivity contribution in [2.45, 2.75) is 17.5 Å². The molecule has 0 spiro atoms. The van der Waals surface area contributed by atoms with Gasteiger partial charge in [0.25, 0.3) is 10.0 Å². The number of alkyl halides is 3. The Kier molecular flexibility index (Phi) is 9.73. The number of benzene rings is 3. The van der Waals surface area contributed by atoms with Gasteiger partial charge in [-0.2, -0.15) is 18.3 Å². The molecule has 0 saturated carbocycles. The summed E-state index contributed by atoms with van der Waals surface area (Å²) in [7, 11) is -4.07. The summed E-state index contributed by atoms with van der Waals surface area (Å²) in [6.45, 7) is 0.0988. The minimum absolute atomic E-state index is 0. The molecule has 39 heavy (non-hydrogen) atoms. The fourth-order valence-electron chi connectivity index (χ4n) is 3.67. The zero-order valence-corrected chi connectivity index (χ0v) is 24.1. The van der Waals surface area contributed by atoms with Gasteiger partial charge in [0.1, 0.15) is 5.82 Å². The molecule has 0 aliphatic rings. The number of hydrogen-bond donors (Lipinski definition) is 3. The SMILES string of the molecule is Nc1c(-c2ccccc2)c(C(F)(F)F)nn1-c1ccc(CCNC(=O)NS(=O)(=O)c2ccc(Cl)cc2)cc1.[Na]. The van der Waals surface area contributed by atoms with Crippen molar-refractivity contribution in [2.24, 2.45) is 0 Å². The van der Waals surface area contributed by atoms with E-state index in [1.807, 2.05) is 4.72 Å². The first kappa shape index (κ1) is 30.5. The summed E-state index contributed by atoms with van der Waals surface area (Å²) in [4.78, 5) is 11.9. The maximum atomic E-state index is 13.7. The zero-order chi connectivity index (χ0) is 27.5. The van der Waals surface area contributed by atoms with Gasteiger partial charge in [0.05, 0.1) is 16.1 Å². The molecule has 0 unspecified atom stereocenters. The molecule has 4 N–H and O–H groups in total. The molecule has 4 rings (SSSR count). The first-order chi connectivity index (χ1) is 18.0. The number of hydrogen-bond acceptors (Lipinski definition) is 5. The number of aromatic nitrogens is 2. The Hall–Kier alpha value is -3.03. The van der Waals surface area contributed by atoms with E-state index < -0.39 is 27.9 Å². The van der Waals surface area contributed by atoms with Crippen LogP contribution in [0.15, 0.2) is 83.8 Å². The topological polar surface area (TPSA) is 119 Å². The molecule has 199 valence electrons. The predicted octanol–water partition coefficient (Wildman–Crippen LogP) is 4.64. The van der Waals surface area contributed by atoms with Crippen LogP contribution in [0.3, 0.4) is 0 Å². The third-order valence-electron chi connectivity index (χ3n) is 5.48. The van der Waals surface area contributed by atoms with Crippen molar-refractivity contribution in [1.29, 1.82) is 0 Å². The van der Waals surface area contributed by atoms with E-state index in [4.69, 9.17) is 17.3 Å². The van der Waals surface area contributed by atoms with Crippen molar-refractivity contribution >= 4 is 63.0 Å². The third-order valence-corrected chi connectivity index (χ3v) is 7.08. The van der Waals surface area contributed by atoms with E-state index in [1.165, 1.54) is 36.4 Å². The number of nitrogens with two attached hydrogens (primary N) is 1. The number of halogens is 4. The number of urea groups is 1. The van der Waals surface area contributed by atoms with Crippen LogP contribution in [0.4, 0.5) is 23.8 Å². The van der Waals surface area contributed by atoms with Crippen molar-refractivity contribution in [3.05, 3.63) is 95.1 Å². The van der Waals surface area contributed by atoms with E-state index in [1.54, 1.807) is 42.5 Å². The van der Waals surface area contributed by atoms with E-state index in [2.05, 4.69) is 10.4 Å². The van der Waals surface area contributed by atoms with Crippen molar-refractivity contribution < 1.29 is 26.4 Å². The molecule has 8 nitrogen and oxygen atoms in total. The molecule has 1 heterocycles. The zero-order valence-electron chi connectivity index (χ0n) is 20.5. The summed E-state index contributed by atoms with van der Waals surface area (Å²) in [6, 6.07) is 18.8. The van der Waals surface area contributed by atoms with Crippen LogP contribution in [-0.4, -0.2) is 60.3 Å². The van der Waals surface area contributed by atoms with Gasteiger partial charge in [-0.25, -0.2) is 22.6 Å². The molecule has 1 aromatic heterocycles. The maximum Gasteiger partial charge on any atom is 0.435 e. The smallest absolute Gasteiger partial charge is 0.383 e. The first-order valence-electron chi connectivity index (χ1n) is 11.1. The monoisotopic (exact) mass is 586 g/mol. The van der Waals surface area contributed by atoms with Crippen molar-refractivity contribution in [1.82, 2.24) is 19.8 Å². The van der Waals surface area contributed by atoms with Gasteiger partial charge >= 0.3 is 12.2 Å². The molecule has 4 aromatic rings. The van der Waals surface area contributed by atoms with Gasteiger partial charge in [-0.15, -0.1) is 0 Å². The standard InChI is InChI=1S/C25H21ClF3N5O3S.Na/c26-18-8-12-20(13-9-18)38(36,37)33-24(35)31-15-14-16-6-10-19(11-7-16)34-23(30)21(17-4-2-1-3-5-17)22(32-34)25(27,28)29;/h1-13H,14-15,30H2,(H2,31,33,35);. The molecule has 0 bridgehead atoms. The van der Waals surface area contributed by atoms with Crippen LogP contribution >= 0.6 is 11.6 Å². The van der Waals surface area contributed by atoms with Gasteiger partial charge in [-0.3, -0.25) is 0 Å². The number of amides is 2. The van der Waals surface area contributed by atoms with Crippen LogP contribution in [0.2, 0.25) is 5.02 Å². The van der Waals surface area contributed by atoms with E-state index in [9.17, 15) is 26.4 Å². The van der Waals surface area contributed by atoms with E-state index in [0.29, 0.717) is 22.7 Å². The number of rotatable bonds is 7. The minimum atomic E-state index is -4.71. The van der Waals surface area contributed by atoms with Gasteiger partial charge in [0, 0.05) is 41.1 Å². The van der Waals surface area contributed by atoms with E-state index >= 15 is 0 Å². The molecular weight excluding hydrogens is 566 g/mol. The van der Waals surface area contributed by atoms with Gasteiger partial charge < -0.3 is 11.1 Å². The van der Waals surface area contributed by atoms with Crippen LogP contribution in [0.5, 0.6) is 0 Å². The summed E-state index contributed by atoms with van der Waals surface area (Å²) in [6.07, 6.45) is -4.38. The maximum absolute atomic E-state index is 13.7. The second-order valence-electron chi connectivity index (χ2n) is 8.12. The molecule has 2 amide bonds. The minimum Gasteiger partial charge on any atom is -0.383 e. The Morgan fingerprint density at radius 2 is 1.59 bits per heavy atom. The fraction of sp³-hybridized carbons (Fsp3) is 0.120. The van der Waals surface area contributed by atoms with Gasteiger partial charge in [0.15, 0.2) is 5.69 Å². The summed E-state index contributed by atoms with van der Waals surface area (Å²) in [5.41, 5.74) is 6.16. The Morgan fingerprint density at radius 1 is 0.974 bits per heavy atom. The Bertz CT molecular complexity index is 1550. The molecule has 0 fully saturated rings. The number of carbonyl (C=O) groups excluding carboxylic acids is 1. The van der Waals surface area contributed by atoms with Crippen LogP contribution < -0.4 is 15.8 Å². The first-order valence-corrected chi connectivity index (χ1v) is 13.0. The molecule has 0 atom stereocenters. The van der Waals surface area contributed by atoms with Crippen LogP contribution in [0.1, 0.15) is 11.3 Å². The second kappa shape index (κ2) is 12.4. The fourth-order valence-corrected chi connectivity index (χ4v) is 4.73. The summed E-state index contributed by atoms with van der Waals surface area (Å²) >= 11 is 5.75. The Labute approximate surface area is 249 Å². The molecule has 0 aliphatic heterocycles. The third kappa shape index (κ3) is 7.34. The average Bonchev–Trinajstić information content (AvgIpc) is 3.22.